The van der Waals surface area contributed by atoms with Crippen LogP contribution in [0.3, 0.4) is 0 Å². The zero-order valence-electron chi connectivity index (χ0n) is 7.04. The summed E-state index contributed by atoms with van der Waals surface area (Å²) in [6.07, 6.45) is 2.46. The summed E-state index contributed by atoms with van der Waals surface area (Å²) >= 11 is 0. The third kappa shape index (κ3) is 1.87. The second-order valence-corrected chi connectivity index (χ2v) is 2.91. The molecule has 0 atom stereocenters. The van der Waals surface area contributed by atoms with E-state index in [9.17, 15) is 9.18 Å². The SMILES string of the molecule is CC(C)C(=O)c1cncc(F)c1. The van der Waals surface area contributed by atoms with E-state index in [4.69, 9.17) is 0 Å². The Bertz CT molecular complexity index is 296. The normalized spacial score (nSPS) is 10.3. The number of ketones is 1. The van der Waals surface area contributed by atoms with Gasteiger partial charge in [0.2, 0.25) is 0 Å². The fourth-order valence-corrected chi connectivity index (χ4v) is 0.880. The molecular formula is C9H10FNO. The monoisotopic (exact) mass is 167 g/mol. The number of rotatable bonds is 2. The highest BCUT2D eigenvalue weighted by Crippen LogP contribution is 2.07. The van der Waals surface area contributed by atoms with Gasteiger partial charge >= 0.3 is 0 Å². The number of carbonyl (C=O) groups is 1. The first kappa shape index (κ1) is 8.84. The van der Waals surface area contributed by atoms with Gasteiger partial charge in [0.05, 0.1) is 6.20 Å². The molecular weight excluding hydrogens is 157 g/mol. The lowest BCUT2D eigenvalue weighted by molar-refractivity contribution is 0.0938. The van der Waals surface area contributed by atoms with Gasteiger partial charge in [0, 0.05) is 17.7 Å². The number of hydrogen-bond acceptors (Lipinski definition) is 2. The van der Waals surface area contributed by atoms with Crippen molar-refractivity contribution in [3.05, 3.63) is 29.8 Å². The molecule has 0 amide bonds. The van der Waals surface area contributed by atoms with Crippen molar-refractivity contribution in [2.75, 3.05) is 0 Å². The van der Waals surface area contributed by atoms with E-state index in [2.05, 4.69) is 4.98 Å². The lowest BCUT2D eigenvalue weighted by Crippen LogP contribution is -2.07. The molecule has 0 fully saturated rings. The van der Waals surface area contributed by atoms with Crippen LogP contribution >= 0.6 is 0 Å². The Hall–Kier alpha value is -1.25. The lowest BCUT2D eigenvalue weighted by Gasteiger charge is -2.02. The third-order valence-corrected chi connectivity index (χ3v) is 1.51. The van der Waals surface area contributed by atoms with Gasteiger partial charge in [0.15, 0.2) is 5.78 Å². The Kier molecular flexibility index (Phi) is 2.53. The van der Waals surface area contributed by atoms with E-state index in [1.165, 1.54) is 12.3 Å². The van der Waals surface area contributed by atoms with Crippen LogP contribution in [0.1, 0.15) is 24.2 Å². The van der Waals surface area contributed by atoms with Crippen molar-refractivity contribution in [3.8, 4) is 0 Å². The summed E-state index contributed by atoms with van der Waals surface area (Å²) in [4.78, 5) is 14.9. The van der Waals surface area contributed by atoms with E-state index < -0.39 is 5.82 Å². The number of aromatic nitrogens is 1. The van der Waals surface area contributed by atoms with Crippen molar-refractivity contribution < 1.29 is 9.18 Å². The largest absolute Gasteiger partial charge is 0.294 e. The molecule has 12 heavy (non-hydrogen) atoms. The average Bonchev–Trinajstić information content (AvgIpc) is 2.03. The van der Waals surface area contributed by atoms with Gasteiger partial charge in [0.1, 0.15) is 5.82 Å². The van der Waals surface area contributed by atoms with Crippen LogP contribution in [0.4, 0.5) is 4.39 Å². The number of pyridine rings is 1. The molecule has 0 unspecified atom stereocenters. The predicted octanol–water partition coefficient (Wildman–Crippen LogP) is 2.06. The maximum atomic E-state index is 12.6. The summed E-state index contributed by atoms with van der Waals surface area (Å²) in [5.74, 6) is -0.669. The van der Waals surface area contributed by atoms with Gasteiger partial charge < -0.3 is 0 Å². The minimum Gasteiger partial charge on any atom is -0.294 e. The number of halogens is 1. The van der Waals surface area contributed by atoms with Gasteiger partial charge in [-0.05, 0) is 6.07 Å². The second kappa shape index (κ2) is 3.43. The van der Waals surface area contributed by atoms with Crippen LogP contribution in [0, 0.1) is 11.7 Å². The molecule has 0 aliphatic rings. The van der Waals surface area contributed by atoms with Gasteiger partial charge in [-0.2, -0.15) is 0 Å². The van der Waals surface area contributed by atoms with Crippen molar-refractivity contribution >= 4 is 5.78 Å². The van der Waals surface area contributed by atoms with Crippen molar-refractivity contribution in [2.24, 2.45) is 5.92 Å². The fourth-order valence-electron chi connectivity index (χ4n) is 0.880. The van der Waals surface area contributed by atoms with E-state index in [0.29, 0.717) is 5.56 Å². The molecule has 64 valence electrons. The van der Waals surface area contributed by atoms with Crippen LogP contribution in [0.2, 0.25) is 0 Å². The van der Waals surface area contributed by atoms with Crippen LogP contribution < -0.4 is 0 Å². The highest BCUT2D eigenvalue weighted by molar-refractivity contribution is 5.97. The predicted molar refractivity (Wildman–Crippen MR) is 43.4 cm³/mol. The van der Waals surface area contributed by atoms with Gasteiger partial charge in [-0.3, -0.25) is 9.78 Å². The molecule has 0 bridgehead atoms. The molecule has 1 rings (SSSR count). The minimum absolute atomic E-state index is 0.0815. The van der Waals surface area contributed by atoms with Crippen molar-refractivity contribution in [3.63, 3.8) is 0 Å². The maximum Gasteiger partial charge on any atom is 0.167 e. The number of nitrogens with zero attached hydrogens (tertiary/aromatic N) is 1. The molecule has 1 aromatic heterocycles. The first-order valence-corrected chi connectivity index (χ1v) is 3.76. The summed E-state index contributed by atoms with van der Waals surface area (Å²) < 4.78 is 12.6. The quantitative estimate of drug-likeness (QED) is 0.631. The van der Waals surface area contributed by atoms with E-state index >= 15 is 0 Å². The third-order valence-electron chi connectivity index (χ3n) is 1.51. The number of carbonyl (C=O) groups excluding carboxylic acids is 1. The minimum atomic E-state index is -0.471. The zero-order chi connectivity index (χ0) is 9.14. The Morgan fingerprint density at radius 3 is 2.67 bits per heavy atom. The molecule has 1 aromatic rings. The summed E-state index contributed by atoms with van der Waals surface area (Å²) in [5, 5.41) is 0. The Morgan fingerprint density at radius 1 is 1.50 bits per heavy atom. The molecule has 3 heteroatoms. The van der Waals surface area contributed by atoms with Crippen LogP contribution in [0.25, 0.3) is 0 Å². The standard InChI is InChI=1S/C9H10FNO/c1-6(2)9(12)7-3-8(10)5-11-4-7/h3-6H,1-2H3. The average molecular weight is 167 g/mol. The molecule has 0 spiro atoms. The Balaban J connectivity index is 2.96. The van der Waals surface area contributed by atoms with Crippen LogP contribution in [0.15, 0.2) is 18.5 Å². The summed E-state index contributed by atoms with van der Waals surface area (Å²) in [6, 6.07) is 1.20. The van der Waals surface area contributed by atoms with Gasteiger partial charge in [-0.15, -0.1) is 0 Å². The van der Waals surface area contributed by atoms with E-state index in [1.54, 1.807) is 13.8 Å². The van der Waals surface area contributed by atoms with E-state index in [1.807, 2.05) is 0 Å². The van der Waals surface area contributed by atoms with Crippen molar-refractivity contribution in [1.29, 1.82) is 0 Å². The summed E-state index contributed by atoms with van der Waals surface area (Å²) in [5.41, 5.74) is 0.338. The molecule has 0 N–H and O–H groups in total. The second-order valence-electron chi connectivity index (χ2n) is 2.91. The first-order chi connectivity index (χ1) is 5.61. The molecule has 0 saturated heterocycles. The molecule has 2 nitrogen and oxygen atoms in total. The first-order valence-electron chi connectivity index (χ1n) is 3.76. The highest BCUT2D eigenvalue weighted by atomic mass is 19.1. The van der Waals surface area contributed by atoms with Crippen molar-refractivity contribution in [2.45, 2.75) is 13.8 Å². The zero-order valence-corrected chi connectivity index (χ0v) is 7.04. The molecule has 0 saturated carbocycles. The molecule has 0 aliphatic carbocycles. The van der Waals surface area contributed by atoms with Crippen LogP contribution in [-0.4, -0.2) is 10.8 Å². The number of hydrogen-bond donors (Lipinski definition) is 0. The lowest BCUT2D eigenvalue weighted by atomic mass is 10.0. The number of Topliss-reactive ketones (excluding diaryl/α,β-unsaturated/α-hetero) is 1. The molecule has 0 aromatic carbocycles. The van der Waals surface area contributed by atoms with Crippen molar-refractivity contribution in [1.82, 2.24) is 4.98 Å². The topological polar surface area (TPSA) is 30.0 Å². The Labute approximate surface area is 70.4 Å². The summed E-state index contributed by atoms with van der Waals surface area (Å²) in [7, 11) is 0. The fraction of sp³-hybridized carbons (Fsp3) is 0.333. The van der Waals surface area contributed by atoms with Gasteiger partial charge in [-0.25, -0.2) is 4.39 Å². The maximum absolute atomic E-state index is 12.6. The van der Waals surface area contributed by atoms with Crippen LogP contribution in [-0.2, 0) is 0 Å². The van der Waals surface area contributed by atoms with E-state index in [-0.39, 0.29) is 11.7 Å². The Morgan fingerprint density at radius 2 is 2.17 bits per heavy atom. The van der Waals surface area contributed by atoms with E-state index in [0.717, 1.165) is 6.20 Å². The summed E-state index contributed by atoms with van der Waals surface area (Å²) in [6.45, 7) is 3.54. The molecule has 0 aliphatic heterocycles. The van der Waals surface area contributed by atoms with Gasteiger partial charge in [-0.1, -0.05) is 13.8 Å². The van der Waals surface area contributed by atoms with Gasteiger partial charge in [0.25, 0.3) is 0 Å². The van der Waals surface area contributed by atoms with Crippen LogP contribution in [0.5, 0.6) is 0 Å². The molecule has 0 radical (unpaired) electrons. The highest BCUT2D eigenvalue weighted by Gasteiger charge is 2.10. The molecule has 1 heterocycles. The smallest absolute Gasteiger partial charge is 0.167 e.